The molecule has 36 heavy (non-hydrogen) atoms. The molecule has 0 aromatic carbocycles. The van der Waals surface area contributed by atoms with E-state index in [1.54, 1.807) is 31.5 Å². The number of rotatable bonds is 7. The third-order valence-electron chi connectivity index (χ3n) is 4.97. The minimum absolute atomic E-state index is 0.0751. The zero-order chi connectivity index (χ0) is 25.9. The van der Waals surface area contributed by atoms with Gasteiger partial charge in [-0.05, 0) is 24.3 Å². The van der Waals surface area contributed by atoms with Crippen LogP contribution in [0.2, 0.25) is 5.02 Å². The van der Waals surface area contributed by atoms with Crippen molar-refractivity contribution in [2.24, 2.45) is 0 Å². The predicted octanol–water partition coefficient (Wildman–Crippen LogP) is 5.69. The molecule has 4 aromatic heterocycles. The van der Waals surface area contributed by atoms with Crippen molar-refractivity contribution < 1.29 is 22.8 Å². The van der Waals surface area contributed by atoms with Crippen LogP contribution in [0.3, 0.4) is 0 Å². The molecule has 0 spiro atoms. The maximum absolute atomic E-state index is 13.0. The highest BCUT2D eigenvalue weighted by molar-refractivity contribution is 7.13. The lowest BCUT2D eigenvalue weighted by Gasteiger charge is -2.10. The van der Waals surface area contributed by atoms with Crippen molar-refractivity contribution in [3.63, 3.8) is 0 Å². The van der Waals surface area contributed by atoms with Crippen molar-refractivity contribution in [2.45, 2.75) is 25.4 Å². The lowest BCUT2D eigenvalue weighted by Crippen LogP contribution is -2.13. The Morgan fingerprint density at radius 3 is 2.64 bits per heavy atom. The van der Waals surface area contributed by atoms with E-state index in [2.05, 4.69) is 30.2 Å². The molecule has 184 valence electrons. The third-order valence-corrected chi connectivity index (χ3v) is 6.50. The molecule has 0 aliphatic rings. The summed E-state index contributed by atoms with van der Waals surface area (Å²) in [6, 6.07) is 5.82. The number of hydrogen-bond donors (Lipinski definition) is 1. The van der Waals surface area contributed by atoms with Crippen molar-refractivity contribution in [1.82, 2.24) is 24.9 Å². The topological polar surface area (TPSA) is 111 Å². The van der Waals surface area contributed by atoms with E-state index < -0.39 is 22.7 Å². The first-order chi connectivity index (χ1) is 17.1. The van der Waals surface area contributed by atoms with E-state index in [1.165, 1.54) is 12.5 Å². The summed E-state index contributed by atoms with van der Waals surface area (Å²) in [5.74, 6) is -1.56. The van der Waals surface area contributed by atoms with Crippen LogP contribution in [0.4, 0.5) is 19.0 Å². The summed E-state index contributed by atoms with van der Waals surface area (Å²) in [7, 11) is 0. The Labute approximate surface area is 211 Å². The van der Waals surface area contributed by atoms with E-state index in [0.717, 1.165) is 23.1 Å². The number of carbonyl (C=O) groups is 2. The average Bonchev–Trinajstić information content (AvgIpc) is 3.36. The fraction of sp³-hybridized carbons (Fsp3) is 0.174. The first-order valence-corrected chi connectivity index (χ1v) is 11.6. The van der Waals surface area contributed by atoms with Crippen molar-refractivity contribution in [3.05, 3.63) is 81.5 Å². The zero-order valence-electron chi connectivity index (χ0n) is 18.5. The van der Waals surface area contributed by atoms with Crippen LogP contribution in [-0.4, -0.2) is 36.6 Å². The lowest BCUT2D eigenvalue weighted by molar-refractivity contribution is -0.137. The highest BCUT2D eigenvalue weighted by Crippen LogP contribution is 2.35. The van der Waals surface area contributed by atoms with Crippen LogP contribution in [0.1, 0.15) is 50.0 Å². The van der Waals surface area contributed by atoms with Gasteiger partial charge in [-0.2, -0.15) is 13.2 Å². The summed E-state index contributed by atoms with van der Waals surface area (Å²) in [4.78, 5) is 45.7. The van der Waals surface area contributed by atoms with Gasteiger partial charge < -0.3 is 5.32 Å². The van der Waals surface area contributed by atoms with Gasteiger partial charge in [0.15, 0.2) is 5.78 Å². The van der Waals surface area contributed by atoms with E-state index in [0.29, 0.717) is 16.8 Å². The maximum atomic E-state index is 13.0. The number of anilines is 1. The first-order valence-electron chi connectivity index (χ1n) is 10.4. The molecule has 0 unspecified atom stereocenters. The number of nitrogens with one attached hydrogen (secondary N) is 1. The fourth-order valence-electron chi connectivity index (χ4n) is 3.17. The third kappa shape index (κ3) is 5.89. The molecule has 4 rings (SSSR count). The average molecular weight is 533 g/mol. The van der Waals surface area contributed by atoms with Gasteiger partial charge in [0.05, 0.1) is 27.5 Å². The Bertz CT molecular complexity index is 1410. The second-order valence-corrected chi connectivity index (χ2v) is 9.09. The molecule has 1 N–H and O–H groups in total. The summed E-state index contributed by atoms with van der Waals surface area (Å²) >= 11 is 6.58. The van der Waals surface area contributed by atoms with Crippen LogP contribution < -0.4 is 5.32 Å². The number of aromatic nitrogens is 5. The Kier molecular flexibility index (Phi) is 7.36. The van der Waals surface area contributed by atoms with Gasteiger partial charge in [0, 0.05) is 36.5 Å². The molecule has 0 bridgehead atoms. The van der Waals surface area contributed by atoms with Crippen LogP contribution in [0.25, 0.3) is 11.3 Å². The van der Waals surface area contributed by atoms with E-state index in [1.807, 2.05) is 6.07 Å². The number of ketones is 1. The van der Waals surface area contributed by atoms with E-state index in [9.17, 15) is 22.8 Å². The van der Waals surface area contributed by atoms with E-state index in [-0.39, 0.29) is 34.5 Å². The quantitative estimate of drug-likeness (QED) is 0.304. The van der Waals surface area contributed by atoms with Crippen LogP contribution in [0, 0.1) is 0 Å². The molecule has 8 nitrogen and oxygen atoms in total. The summed E-state index contributed by atoms with van der Waals surface area (Å²) < 4.78 is 39.1. The second kappa shape index (κ2) is 10.5. The molecular weight excluding hydrogens is 517 g/mol. The van der Waals surface area contributed by atoms with Gasteiger partial charge in [-0.25, -0.2) is 19.9 Å². The molecular formula is C23H16ClF3N6O2S. The molecule has 0 fully saturated rings. The Hall–Kier alpha value is -3.77. The first kappa shape index (κ1) is 25.3. The number of thiazole rings is 1. The Morgan fingerprint density at radius 2 is 1.92 bits per heavy atom. The number of halogens is 4. The molecule has 0 saturated carbocycles. The molecule has 0 aliphatic heterocycles. The molecule has 4 heterocycles. The molecule has 1 atom stereocenters. The van der Waals surface area contributed by atoms with Gasteiger partial charge in [0.2, 0.25) is 0 Å². The number of amides is 1. The smallest absolute Gasteiger partial charge is 0.306 e. The summed E-state index contributed by atoms with van der Waals surface area (Å²) in [6.07, 6.45) is 2.06. The number of alkyl halides is 3. The van der Waals surface area contributed by atoms with Gasteiger partial charge in [0.25, 0.3) is 5.91 Å². The Balaban J connectivity index is 1.43. The van der Waals surface area contributed by atoms with Crippen LogP contribution in [0.15, 0.2) is 55.4 Å². The SMILES string of the molecule is C[C@@H](CC(=O)c1cc(-c2cccnc2)ncn1)c1ncc(C(=O)Nc2cc(C(F)(F)F)c(Cl)cn2)s1. The van der Waals surface area contributed by atoms with Crippen molar-refractivity contribution >= 4 is 40.4 Å². The van der Waals surface area contributed by atoms with E-state index in [4.69, 9.17) is 11.6 Å². The Morgan fingerprint density at radius 1 is 1.11 bits per heavy atom. The minimum atomic E-state index is -4.69. The van der Waals surface area contributed by atoms with Crippen LogP contribution in [0.5, 0.6) is 0 Å². The van der Waals surface area contributed by atoms with Gasteiger partial charge >= 0.3 is 6.18 Å². The zero-order valence-corrected chi connectivity index (χ0v) is 20.0. The normalized spacial score (nSPS) is 12.2. The van der Waals surface area contributed by atoms with Gasteiger partial charge in [-0.15, -0.1) is 11.3 Å². The summed E-state index contributed by atoms with van der Waals surface area (Å²) in [5.41, 5.74) is 0.435. The fourth-order valence-corrected chi connectivity index (χ4v) is 4.25. The monoisotopic (exact) mass is 532 g/mol. The molecule has 0 saturated heterocycles. The molecule has 4 aromatic rings. The molecule has 0 aliphatic carbocycles. The van der Waals surface area contributed by atoms with Crippen molar-refractivity contribution in [3.8, 4) is 11.3 Å². The van der Waals surface area contributed by atoms with Gasteiger partial charge in [0.1, 0.15) is 22.7 Å². The van der Waals surface area contributed by atoms with Gasteiger partial charge in [-0.3, -0.25) is 14.6 Å². The maximum Gasteiger partial charge on any atom is 0.418 e. The largest absolute Gasteiger partial charge is 0.418 e. The molecule has 13 heteroatoms. The minimum Gasteiger partial charge on any atom is -0.306 e. The van der Waals surface area contributed by atoms with E-state index >= 15 is 0 Å². The summed E-state index contributed by atoms with van der Waals surface area (Å²) in [6.45, 7) is 1.78. The number of Topliss-reactive ketones (excluding diaryl/α,β-unsaturated/α-hetero) is 1. The molecule has 0 radical (unpaired) electrons. The highest BCUT2D eigenvalue weighted by Gasteiger charge is 2.34. The highest BCUT2D eigenvalue weighted by atomic mass is 35.5. The lowest BCUT2D eigenvalue weighted by atomic mass is 10.0. The van der Waals surface area contributed by atoms with Crippen molar-refractivity contribution in [1.29, 1.82) is 0 Å². The second-order valence-electron chi connectivity index (χ2n) is 7.62. The van der Waals surface area contributed by atoms with Gasteiger partial charge in [-0.1, -0.05) is 18.5 Å². The molecule has 1 amide bonds. The number of hydrogen-bond acceptors (Lipinski definition) is 8. The summed E-state index contributed by atoms with van der Waals surface area (Å²) in [5, 5.41) is 2.25. The van der Waals surface area contributed by atoms with Crippen LogP contribution in [-0.2, 0) is 6.18 Å². The van der Waals surface area contributed by atoms with Crippen LogP contribution >= 0.6 is 22.9 Å². The number of nitrogens with zero attached hydrogens (tertiary/aromatic N) is 5. The standard InChI is InChI=1S/C23H16ClF3N6O2S/c1-12(5-18(34)17-7-16(31-11-32-17)13-3-2-4-28-8-13)22-30-10-19(36-22)21(35)33-20-6-14(23(25,26)27)15(24)9-29-20/h2-4,6-12H,5H2,1H3,(H,29,33,35)/t12-/m0/s1. The number of pyridine rings is 2. The van der Waals surface area contributed by atoms with Crippen molar-refractivity contribution in [2.75, 3.05) is 5.32 Å². The number of carbonyl (C=O) groups excluding carboxylic acids is 2. The predicted molar refractivity (Wildman–Crippen MR) is 127 cm³/mol.